The molecule has 4 atom stereocenters. The Morgan fingerprint density at radius 2 is 0.514 bits per heavy atom. The number of Topliss-reactive ketones (excluding diaryl/α,β-unsaturated/α-hetero) is 2. The second kappa shape index (κ2) is 43.1. The van der Waals surface area contributed by atoms with Crippen LogP contribution in [0.2, 0.25) is 0 Å². The summed E-state index contributed by atoms with van der Waals surface area (Å²) in [5.74, 6) is -7.22. The largest absolute Gasteiger partial charge is 0.503 e. The smallest absolute Gasteiger partial charge is 0.341 e. The number of carbonyl (C=O) groups excluding carboxylic acids is 6. The van der Waals surface area contributed by atoms with E-state index in [2.05, 4.69) is 53.8 Å². The molecule has 0 aliphatic carbocycles. The van der Waals surface area contributed by atoms with Crippen LogP contribution in [-0.4, -0.2) is 143 Å². The minimum Gasteiger partial charge on any atom is -0.503 e. The average molecular weight is 1870 g/mol. The van der Waals surface area contributed by atoms with Crippen LogP contribution in [0, 0.1) is 0 Å². The zero-order valence-corrected chi connectivity index (χ0v) is 77.2. The molecule has 26 heteroatoms. The number of aromatic hydroxyl groups is 1. The number of carbonyl (C=O) groups is 8. The Labute approximate surface area is 806 Å². The summed E-state index contributed by atoms with van der Waals surface area (Å²) >= 11 is 0. The van der Waals surface area contributed by atoms with Crippen LogP contribution < -0.4 is 41.2 Å². The SMILES string of the molecule is CC(=O)c1cn2c(c(OCc3ccccc3)c1=O)C(=O)N(C)C[C@@H]2C(c1ccccc1)c1ccccc1.CC(=O)c1cn2c(c(OCc3ccccc3)c1=O)C(=O)NC[C@@H]2C(c1ccccc1)c1ccccc1.CN1C[C@H](C(c2ccccc2)c2ccccc2)n2cc(C(=O)O)c(=O)c(O)c2C1=O.CN1C[C@H](C(c2ccccc2)c2ccccc2)n2cc(C(=O)O)c(=O)c(OCc3ccccc3)c2C1=O. The summed E-state index contributed by atoms with van der Waals surface area (Å²) < 4.78 is 24.6. The highest BCUT2D eigenvalue weighted by molar-refractivity contribution is 6.02. The normalized spacial score (nSPS) is 15.1. The third-order valence-electron chi connectivity index (χ3n) is 25.6. The number of hydrogen-bond donors (Lipinski definition) is 4. The summed E-state index contributed by atoms with van der Waals surface area (Å²) in [5, 5.41) is 32.8. The predicted octanol–water partition coefficient (Wildman–Crippen LogP) is 17.1. The zero-order chi connectivity index (χ0) is 98.4. The molecule has 8 heterocycles. The average Bonchev–Trinajstić information content (AvgIpc) is 0.753. The first-order valence-electron chi connectivity index (χ1n) is 45.6. The summed E-state index contributed by atoms with van der Waals surface area (Å²) in [6, 6.07) is 106. The molecule has 0 bridgehead atoms. The number of nitrogens with zero attached hydrogens (tertiary/aromatic N) is 7. The van der Waals surface area contributed by atoms with Crippen LogP contribution in [0.25, 0.3) is 0 Å². The number of nitrogens with one attached hydrogen (secondary N) is 1. The lowest BCUT2D eigenvalue weighted by Crippen LogP contribution is -2.45. The van der Waals surface area contributed by atoms with Gasteiger partial charge in [-0.15, -0.1) is 0 Å². The Bertz CT molecular complexity index is 6940. The fourth-order valence-corrected chi connectivity index (χ4v) is 18.9. The molecular formula is C114H100N8O18. The number of ketones is 2. The van der Waals surface area contributed by atoms with Crippen molar-refractivity contribution in [3.05, 3.63) is 506 Å². The van der Waals surface area contributed by atoms with E-state index in [9.17, 15) is 72.9 Å². The number of likely N-dealkylation sites (N-methyl/N-ethyl adjacent to an activating group) is 3. The Morgan fingerprint density at radius 3 is 0.779 bits per heavy atom. The minimum atomic E-state index is -1.45. The van der Waals surface area contributed by atoms with Gasteiger partial charge in [0.15, 0.2) is 57.3 Å². The van der Waals surface area contributed by atoms with Gasteiger partial charge in [0, 0.05) is 95.8 Å². The summed E-state index contributed by atoms with van der Waals surface area (Å²) in [6.45, 7) is 4.28. The number of aromatic carboxylic acids is 2. The highest BCUT2D eigenvalue weighted by Crippen LogP contribution is 2.46. The first-order chi connectivity index (χ1) is 67.8. The third kappa shape index (κ3) is 20.4. The van der Waals surface area contributed by atoms with Crippen molar-refractivity contribution in [2.75, 3.05) is 47.3 Å². The number of amides is 4. The van der Waals surface area contributed by atoms with E-state index in [1.54, 1.807) is 50.8 Å². The highest BCUT2D eigenvalue weighted by Gasteiger charge is 2.44. The second-order valence-electron chi connectivity index (χ2n) is 34.6. The maximum atomic E-state index is 13.5. The molecule has 15 aromatic rings. The van der Waals surface area contributed by atoms with E-state index >= 15 is 0 Å². The number of fused-ring (bicyclic) bond motifs is 4. The van der Waals surface area contributed by atoms with Crippen molar-refractivity contribution >= 4 is 47.1 Å². The topological polar surface area (TPSA) is 335 Å². The maximum Gasteiger partial charge on any atom is 0.341 e. The van der Waals surface area contributed by atoms with Crippen LogP contribution in [0.5, 0.6) is 23.0 Å². The zero-order valence-electron chi connectivity index (χ0n) is 77.2. The number of aromatic nitrogens is 4. The fraction of sp³-hybridized carbons (Fsp3) is 0.175. The van der Waals surface area contributed by atoms with Gasteiger partial charge in [0.2, 0.25) is 21.7 Å². The van der Waals surface area contributed by atoms with Crippen LogP contribution in [0.1, 0.15) is 206 Å². The number of rotatable bonds is 25. The van der Waals surface area contributed by atoms with E-state index in [1.165, 1.54) is 41.9 Å². The van der Waals surface area contributed by atoms with E-state index in [4.69, 9.17) is 14.2 Å². The molecule has 0 radical (unpaired) electrons. The van der Waals surface area contributed by atoms with Gasteiger partial charge in [0.05, 0.1) is 35.3 Å². The minimum absolute atomic E-state index is 0.00128. The van der Waals surface area contributed by atoms with Gasteiger partial charge >= 0.3 is 11.9 Å². The van der Waals surface area contributed by atoms with Crippen molar-refractivity contribution in [2.24, 2.45) is 0 Å². The molecule has 0 fully saturated rings. The maximum absolute atomic E-state index is 13.5. The monoisotopic (exact) mass is 1870 g/mol. The van der Waals surface area contributed by atoms with E-state index < -0.39 is 74.3 Å². The molecule has 704 valence electrons. The summed E-state index contributed by atoms with van der Waals surface area (Å²) in [5.41, 5.74) is 6.88. The van der Waals surface area contributed by atoms with Crippen LogP contribution in [0.3, 0.4) is 0 Å². The Kier molecular flexibility index (Phi) is 29.5. The lowest BCUT2D eigenvalue weighted by molar-refractivity contribution is 0.0667. The van der Waals surface area contributed by atoms with Crippen molar-refractivity contribution < 1.29 is 67.9 Å². The van der Waals surface area contributed by atoms with Crippen molar-refractivity contribution in [1.29, 1.82) is 0 Å². The van der Waals surface area contributed by atoms with E-state index in [0.717, 1.165) is 61.2 Å². The summed E-state index contributed by atoms with van der Waals surface area (Å²) in [7, 11) is 5.01. The lowest BCUT2D eigenvalue weighted by Gasteiger charge is -2.39. The van der Waals surface area contributed by atoms with Gasteiger partial charge in [-0.1, -0.05) is 334 Å². The van der Waals surface area contributed by atoms with Gasteiger partial charge < -0.3 is 67.8 Å². The van der Waals surface area contributed by atoms with E-state index in [-0.39, 0.29) is 137 Å². The van der Waals surface area contributed by atoms with Crippen LogP contribution in [0.15, 0.2) is 378 Å². The first kappa shape index (κ1) is 95.7. The van der Waals surface area contributed by atoms with Crippen molar-refractivity contribution in [1.82, 2.24) is 38.3 Å². The molecule has 11 aromatic carbocycles. The molecule has 4 aliphatic heterocycles. The standard InChI is InChI=1S/C31H28N2O4.C30H26N2O5.C30H26N2O4.C23H20N2O5/c1-21(34)25-18-33-26(27(23-14-8-4-9-15-23)24-16-10-5-11-17-24)19-32(2)31(36)28(33)30(29(25)35)37-20-22-12-6-3-7-13-22;1-31-18-24(25(21-13-7-3-8-14-21)22-15-9-4-10-16-22)32-17-23(30(35)36)27(33)28(26(32)29(31)34)37-19-20-11-5-2-6-12-20;1-20(33)24-18-32-25(26(22-13-7-3-8-14-22)23-15-9-4-10-16-23)17-31-30(35)27(32)29(28(24)34)36-19-21-11-5-2-6-12-21;1-24-13-17(18(14-8-4-2-5-9-14)15-10-6-3-7-11-15)25-12-16(23(29)30)20(26)21(27)19(25)22(24)28/h3-18,26-27H,19-20H2,1-2H3;2-17,24-25H,18-19H2,1H3,(H,35,36);2-16,18,25-26H,17,19H2,1H3,(H,31,35);2-12,17-18,27H,13H2,1H3,(H,29,30)/t26-;24-;25-;17-/m1111/s1. The number of pyridine rings is 4. The summed E-state index contributed by atoms with van der Waals surface area (Å²) in [4.78, 5) is 159. The molecule has 0 unspecified atom stereocenters. The van der Waals surface area contributed by atoms with Gasteiger partial charge in [0.25, 0.3) is 23.6 Å². The third-order valence-corrected chi connectivity index (χ3v) is 25.6. The second-order valence-corrected chi connectivity index (χ2v) is 34.6. The van der Waals surface area contributed by atoms with E-state index in [1.807, 2.05) is 285 Å². The molecule has 4 aromatic heterocycles. The van der Waals surface area contributed by atoms with E-state index in [0.29, 0.717) is 19.6 Å². The highest BCUT2D eigenvalue weighted by atomic mass is 16.5. The number of hydrogen-bond acceptors (Lipinski definition) is 16. The lowest BCUT2D eigenvalue weighted by atomic mass is 9.83. The Morgan fingerprint density at radius 1 is 0.300 bits per heavy atom. The quantitative estimate of drug-likeness (QED) is 0.0386. The van der Waals surface area contributed by atoms with Crippen LogP contribution in [0.4, 0.5) is 0 Å². The van der Waals surface area contributed by atoms with Crippen molar-refractivity contribution in [3.8, 4) is 23.0 Å². The van der Waals surface area contributed by atoms with Gasteiger partial charge in [-0.25, -0.2) is 9.59 Å². The number of carboxylic acids is 2. The van der Waals surface area contributed by atoms with Gasteiger partial charge in [0.1, 0.15) is 30.9 Å². The van der Waals surface area contributed by atoms with Gasteiger partial charge in [-0.3, -0.25) is 47.9 Å². The molecule has 26 nitrogen and oxygen atoms in total. The predicted molar refractivity (Wildman–Crippen MR) is 529 cm³/mol. The van der Waals surface area contributed by atoms with Crippen LogP contribution >= 0.6 is 0 Å². The molecule has 19 rings (SSSR count). The number of benzene rings is 11. The molecule has 0 spiro atoms. The molecule has 4 N–H and O–H groups in total. The molecule has 4 aliphatic rings. The number of carboxylic acid groups (broad SMARTS) is 2. The molecule has 0 saturated heterocycles. The molecule has 0 saturated carbocycles. The first-order valence-corrected chi connectivity index (χ1v) is 45.6. The van der Waals surface area contributed by atoms with Crippen molar-refractivity contribution in [2.45, 2.75) is 81.5 Å². The Balaban J connectivity index is 0.000000135. The van der Waals surface area contributed by atoms with Gasteiger partial charge in [-0.2, -0.15) is 0 Å². The Hall–Kier alpha value is -17.4. The van der Waals surface area contributed by atoms with Gasteiger partial charge in [-0.05, 0) is 75.0 Å². The molecule has 140 heavy (non-hydrogen) atoms. The summed E-state index contributed by atoms with van der Waals surface area (Å²) in [6.07, 6.45) is 5.54. The van der Waals surface area contributed by atoms with Crippen molar-refractivity contribution in [3.63, 3.8) is 0 Å². The number of ether oxygens (including phenoxy) is 3. The molecule has 4 amide bonds. The fourth-order valence-electron chi connectivity index (χ4n) is 18.9. The molecular weight excluding hydrogens is 1770 g/mol. The van der Waals surface area contributed by atoms with Crippen LogP contribution in [-0.2, 0) is 19.8 Å².